The minimum Gasteiger partial charge on any atom is -0.256 e. The first kappa shape index (κ1) is 11.6. The van der Waals surface area contributed by atoms with Gasteiger partial charge in [-0.05, 0) is 17.7 Å². The summed E-state index contributed by atoms with van der Waals surface area (Å²) in [5.41, 5.74) is 2.13. The van der Waals surface area contributed by atoms with Crippen molar-refractivity contribution in [3.63, 3.8) is 0 Å². The summed E-state index contributed by atoms with van der Waals surface area (Å²) in [6.07, 6.45) is 1.88. The Morgan fingerprint density at radius 3 is 2.67 bits per heavy atom. The predicted octanol–water partition coefficient (Wildman–Crippen LogP) is 4.57. The third-order valence-electron chi connectivity index (χ3n) is 2.18. The van der Waals surface area contributed by atoms with E-state index < -0.39 is 0 Å². The molecule has 1 nitrogen and oxygen atoms in total. The van der Waals surface area contributed by atoms with Gasteiger partial charge in [0.05, 0.1) is 5.52 Å². The molecule has 2 aromatic rings. The number of rotatable bonds is 2. The number of nitrogens with zero attached hydrogens (tertiary/aromatic N) is 1. The first-order valence-electron chi connectivity index (χ1n) is 4.42. The lowest BCUT2D eigenvalue weighted by molar-refractivity contribution is 1.07. The highest BCUT2D eigenvalue weighted by Crippen LogP contribution is 2.40. The number of alkyl halides is 3. The molecule has 0 amide bonds. The lowest BCUT2D eigenvalue weighted by Gasteiger charge is -2.17. The van der Waals surface area contributed by atoms with Gasteiger partial charge in [0.1, 0.15) is 3.23 Å². The summed E-state index contributed by atoms with van der Waals surface area (Å²) in [5.74, 6) is 0. The van der Waals surface area contributed by atoms with Gasteiger partial charge in [0.25, 0.3) is 0 Å². The van der Waals surface area contributed by atoms with E-state index in [0.717, 1.165) is 21.8 Å². The molecule has 0 unspecified atom stereocenters. The Balaban J connectivity index is 2.56. The summed E-state index contributed by atoms with van der Waals surface area (Å²) in [4.78, 5) is 4.41. The van der Waals surface area contributed by atoms with Crippen molar-refractivity contribution in [2.45, 2.75) is 3.23 Å². The molecule has 1 aromatic carbocycles. The Morgan fingerprint density at radius 2 is 1.93 bits per heavy atom. The molecule has 1 aromatic heterocycles. The normalized spacial score (nSPS) is 11.9. The van der Waals surface area contributed by atoms with E-state index in [4.69, 9.17) is 0 Å². The number of halogens is 3. The Kier molecular flexibility index (Phi) is 3.48. The summed E-state index contributed by atoms with van der Waals surface area (Å²) >= 11 is 10.7. The summed E-state index contributed by atoms with van der Waals surface area (Å²) in [6.45, 7) is 0. The maximum absolute atomic E-state index is 4.41. The molecule has 0 aliphatic rings. The van der Waals surface area contributed by atoms with Gasteiger partial charge < -0.3 is 0 Å². The van der Waals surface area contributed by atoms with E-state index in [1.807, 2.05) is 24.4 Å². The second kappa shape index (κ2) is 4.52. The molecule has 0 saturated heterocycles. The van der Waals surface area contributed by atoms with Crippen LogP contribution in [-0.2, 0) is 3.23 Å². The fraction of sp³-hybridized carbons (Fsp3) is 0.182. The molecule has 0 N–H and O–H groups in total. The lowest BCUT2D eigenvalue weighted by Crippen LogP contribution is -2.10. The van der Waals surface area contributed by atoms with E-state index in [1.165, 1.54) is 0 Å². The molecule has 0 saturated carbocycles. The molecule has 0 radical (unpaired) electrons. The Hall–Kier alpha value is 0.0700. The van der Waals surface area contributed by atoms with Gasteiger partial charge in [-0.15, -0.1) is 0 Å². The van der Waals surface area contributed by atoms with Crippen molar-refractivity contribution >= 4 is 58.7 Å². The molecule has 0 spiro atoms. The molecule has 78 valence electrons. The van der Waals surface area contributed by atoms with Crippen LogP contribution in [0.2, 0.25) is 0 Å². The van der Waals surface area contributed by atoms with E-state index in [1.54, 1.807) is 0 Å². The van der Waals surface area contributed by atoms with Gasteiger partial charge in [-0.2, -0.15) is 0 Å². The van der Waals surface area contributed by atoms with E-state index in [0.29, 0.717) is 0 Å². The van der Waals surface area contributed by atoms with Crippen LogP contribution in [0.1, 0.15) is 5.56 Å². The minimum atomic E-state index is -0.239. The molecule has 0 aliphatic heterocycles. The number of aromatic nitrogens is 1. The van der Waals surface area contributed by atoms with Crippen LogP contribution in [0.15, 0.2) is 36.5 Å². The largest absolute Gasteiger partial charge is 0.256 e. The van der Waals surface area contributed by atoms with Crippen LogP contribution in [0.5, 0.6) is 0 Å². The van der Waals surface area contributed by atoms with Crippen molar-refractivity contribution in [2.75, 3.05) is 5.33 Å². The third-order valence-corrected chi connectivity index (χ3v) is 6.00. The SMILES string of the molecule is BrCC(Br)(Br)c1cnc2ccccc2c1. The van der Waals surface area contributed by atoms with E-state index in [2.05, 4.69) is 64.9 Å². The van der Waals surface area contributed by atoms with Crippen molar-refractivity contribution in [1.82, 2.24) is 4.98 Å². The number of pyridine rings is 1. The van der Waals surface area contributed by atoms with Crippen molar-refractivity contribution in [3.05, 3.63) is 42.1 Å². The zero-order valence-corrected chi connectivity index (χ0v) is 12.5. The average Bonchev–Trinajstić information content (AvgIpc) is 2.28. The van der Waals surface area contributed by atoms with Crippen LogP contribution in [0.3, 0.4) is 0 Å². The van der Waals surface area contributed by atoms with Crippen LogP contribution in [0.4, 0.5) is 0 Å². The van der Waals surface area contributed by atoms with Crippen LogP contribution >= 0.6 is 47.8 Å². The van der Waals surface area contributed by atoms with Crippen LogP contribution in [-0.4, -0.2) is 10.3 Å². The van der Waals surface area contributed by atoms with Crippen LogP contribution < -0.4 is 0 Å². The molecule has 1 heterocycles. The summed E-state index contributed by atoms with van der Waals surface area (Å²) < 4.78 is -0.239. The topological polar surface area (TPSA) is 12.9 Å². The van der Waals surface area contributed by atoms with Gasteiger partial charge in [0.15, 0.2) is 0 Å². The van der Waals surface area contributed by atoms with Gasteiger partial charge >= 0.3 is 0 Å². The van der Waals surface area contributed by atoms with E-state index >= 15 is 0 Å². The van der Waals surface area contributed by atoms with Crippen molar-refractivity contribution in [2.24, 2.45) is 0 Å². The lowest BCUT2D eigenvalue weighted by atomic mass is 10.1. The molecule has 0 fully saturated rings. The van der Waals surface area contributed by atoms with Crippen LogP contribution in [0.25, 0.3) is 10.9 Å². The molecule has 0 aliphatic carbocycles. The highest BCUT2D eigenvalue weighted by atomic mass is 79.9. The third kappa shape index (κ3) is 2.43. The summed E-state index contributed by atoms with van der Waals surface area (Å²) in [6, 6.07) is 10.2. The van der Waals surface area contributed by atoms with Gasteiger partial charge in [-0.25, -0.2) is 0 Å². The number of para-hydroxylation sites is 1. The van der Waals surface area contributed by atoms with Crippen LogP contribution in [0, 0.1) is 0 Å². The molecule has 0 atom stereocenters. The Labute approximate surface area is 114 Å². The van der Waals surface area contributed by atoms with Gasteiger partial charge in [0.2, 0.25) is 0 Å². The maximum atomic E-state index is 4.41. The van der Waals surface area contributed by atoms with E-state index in [-0.39, 0.29) is 3.23 Å². The molecule has 15 heavy (non-hydrogen) atoms. The van der Waals surface area contributed by atoms with Gasteiger partial charge in [-0.3, -0.25) is 4.98 Å². The Morgan fingerprint density at radius 1 is 1.20 bits per heavy atom. The molecular weight excluding hydrogens is 386 g/mol. The number of hydrogen-bond acceptors (Lipinski definition) is 1. The zero-order chi connectivity index (χ0) is 10.9. The molecular formula is C11H8Br3N. The minimum absolute atomic E-state index is 0.239. The standard InChI is InChI=1S/C11H8Br3N/c12-7-11(13,14)9-5-8-3-1-2-4-10(8)15-6-9/h1-6H,7H2. The highest BCUT2D eigenvalue weighted by molar-refractivity contribution is 9.25. The van der Waals surface area contributed by atoms with E-state index in [9.17, 15) is 0 Å². The molecule has 0 bridgehead atoms. The highest BCUT2D eigenvalue weighted by Gasteiger charge is 2.24. The second-order valence-corrected chi connectivity index (χ2v) is 7.59. The summed E-state index contributed by atoms with van der Waals surface area (Å²) in [5, 5.41) is 1.93. The van der Waals surface area contributed by atoms with Gasteiger partial charge in [-0.1, -0.05) is 66.0 Å². The fourth-order valence-corrected chi connectivity index (χ4v) is 2.11. The number of benzene rings is 1. The average molecular weight is 394 g/mol. The fourth-order valence-electron chi connectivity index (χ4n) is 1.35. The first-order valence-corrected chi connectivity index (χ1v) is 7.13. The van der Waals surface area contributed by atoms with Crippen molar-refractivity contribution < 1.29 is 0 Å². The quantitative estimate of drug-likeness (QED) is 0.681. The smallest absolute Gasteiger partial charge is 0.116 e. The first-order chi connectivity index (χ1) is 7.13. The number of hydrogen-bond donors (Lipinski definition) is 0. The second-order valence-electron chi connectivity index (χ2n) is 3.25. The zero-order valence-electron chi connectivity index (χ0n) is 7.75. The van der Waals surface area contributed by atoms with Gasteiger partial charge in [0, 0.05) is 16.9 Å². The Bertz CT molecular complexity index is 482. The molecule has 4 heteroatoms. The van der Waals surface area contributed by atoms with Crippen molar-refractivity contribution in [1.29, 1.82) is 0 Å². The monoisotopic (exact) mass is 391 g/mol. The predicted molar refractivity (Wildman–Crippen MR) is 75.1 cm³/mol. The van der Waals surface area contributed by atoms with Crippen molar-refractivity contribution in [3.8, 4) is 0 Å². The maximum Gasteiger partial charge on any atom is 0.116 e. The number of fused-ring (bicyclic) bond motifs is 1. The summed E-state index contributed by atoms with van der Waals surface area (Å²) in [7, 11) is 0. The molecule has 2 rings (SSSR count).